The lowest BCUT2D eigenvalue weighted by atomic mass is 9.91. The Kier molecular flexibility index (Phi) is 5.91. The van der Waals surface area contributed by atoms with Crippen LogP contribution in [0, 0.1) is 9.49 Å². The Balaban J connectivity index is 0.000000254. The fourth-order valence-electron chi connectivity index (χ4n) is 3.40. The quantitative estimate of drug-likeness (QED) is 0.646. The zero-order valence-electron chi connectivity index (χ0n) is 13.1. The number of ether oxygens (including phenoxy) is 1. The summed E-state index contributed by atoms with van der Waals surface area (Å²) in [5.41, 5.74) is 3.06. The Morgan fingerprint density at radius 1 is 1.45 bits per heavy atom. The highest BCUT2D eigenvalue weighted by Crippen LogP contribution is 2.49. The molecule has 1 saturated heterocycles. The minimum absolute atomic E-state index is 0.481. The van der Waals surface area contributed by atoms with E-state index < -0.39 is 6.09 Å². The zero-order chi connectivity index (χ0) is 16.3. The molecule has 1 fully saturated rings. The summed E-state index contributed by atoms with van der Waals surface area (Å²) in [4.78, 5) is 9.49. The molecule has 22 heavy (non-hydrogen) atoms. The number of carboxylic acid groups (broad SMARTS) is 1. The molecule has 122 valence electrons. The Morgan fingerprint density at radius 3 is 2.73 bits per heavy atom. The molecule has 0 aromatic heterocycles. The monoisotopic (exact) mass is 418 g/mol. The summed E-state index contributed by atoms with van der Waals surface area (Å²) in [6.45, 7) is 6.87. The average Bonchev–Trinajstić information content (AvgIpc) is 3.03. The van der Waals surface area contributed by atoms with Crippen LogP contribution in [0.15, 0.2) is 12.1 Å². The fourth-order valence-corrected chi connectivity index (χ4v) is 4.11. The minimum atomic E-state index is -0.961. The number of fused-ring (bicyclic) bond motifs is 3. The summed E-state index contributed by atoms with van der Waals surface area (Å²) >= 11 is 2.37. The first-order valence-electron chi connectivity index (χ1n) is 7.54. The van der Waals surface area contributed by atoms with Gasteiger partial charge in [-0.15, -0.1) is 0 Å². The van der Waals surface area contributed by atoms with Crippen LogP contribution in [0.1, 0.15) is 36.8 Å². The SMILES string of the molecule is CCNC(=O)O.COc1cc2c(cc1I)C(C)C1CNCC21. The van der Waals surface area contributed by atoms with Gasteiger partial charge in [-0.2, -0.15) is 0 Å². The van der Waals surface area contributed by atoms with Crippen LogP contribution >= 0.6 is 22.6 Å². The topological polar surface area (TPSA) is 70.6 Å². The van der Waals surface area contributed by atoms with E-state index in [0.29, 0.717) is 18.4 Å². The number of amides is 1. The van der Waals surface area contributed by atoms with E-state index in [9.17, 15) is 4.79 Å². The number of rotatable bonds is 2. The normalized spacial score (nSPS) is 24.8. The van der Waals surface area contributed by atoms with Gasteiger partial charge in [0.1, 0.15) is 5.75 Å². The van der Waals surface area contributed by atoms with Gasteiger partial charge in [-0.3, -0.25) is 0 Å². The predicted molar refractivity (Wildman–Crippen MR) is 94.9 cm³/mol. The Morgan fingerprint density at radius 2 is 2.18 bits per heavy atom. The van der Waals surface area contributed by atoms with Crippen LogP contribution in [-0.2, 0) is 0 Å². The maximum Gasteiger partial charge on any atom is 0.404 e. The van der Waals surface area contributed by atoms with E-state index in [1.165, 1.54) is 15.7 Å². The van der Waals surface area contributed by atoms with Gasteiger partial charge in [-0.25, -0.2) is 4.79 Å². The summed E-state index contributed by atoms with van der Waals surface area (Å²) in [5.74, 6) is 3.21. The summed E-state index contributed by atoms with van der Waals surface area (Å²) < 4.78 is 6.66. The molecule has 5 nitrogen and oxygen atoms in total. The third kappa shape index (κ3) is 3.48. The van der Waals surface area contributed by atoms with E-state index in [4.69, 9.17) is 9.84 Å². The molecule has 1 heterocycles. The molecule has 3 atom stereocenters. The average molecular weight is 418 g/mol. The Bertz CT molecular complexity index is 550. The second-order valence-electron chi connectivity index (χ2n) is 5.67. The van der Waals surface area contributed by atoms with E-state index in [-0.39, 0.29) is 0 Å². The van der Waals surface area contributed by atoms with Gasteiger partial charge in [0.25, 0.3) is 0 Å². The lowest BCUT2D eigenvalue weighted by Crippen LogP contribution is -2.19. The fraction of sp³-hybridized carbons (Fsp3) is 0.562. The van der Waals surface area contributed by atoms with Crippen molar-refractivity contribution in [1.82, 2.24) is 10.6 Å². The molecule has 0 saturated carbocycles. The number of halogens is 1. The largest absolute Gasteiger partial charge is 0.496 e. The first kappa shape index (κ1) is 17.3. The lowest BCUT2D eigenvalue weighted by Gasteiger charge is -2.12. The second-order valence-corrected chi connectivity index (χ2v) is 6.83. The number of nitrogens with one attached hydrogen (secondary N) is 2. The molecule has 1 aliphatic heterocycles. The molecule has 0 bridgehead atoms. The third-order valence-corrected chi connectivity index (χ3v) is 5.32. The van der Waals surface area contributed by atoms with E-state index in [1.54, 1.807) is 19.6 Å². The van der Waals surface area contributed by atoms with Crippen LogP contribution in [0.4, 0.5) is 4.79 Å². The summed E-state index contributed by atoms with van der Waals surface area (Å²) in [5, 5.41) is 13.4. The number of hydrogen-bond donors (Lipinski definition) is 3. The number of hydrogen-bond acceptors (Lipinski definition) is 3. The van der Waals surface area contributed by atoms with Gasteiger partial charge in [0.2, 0.25) is 0 Å². The molecule has 3 N–H and O–H groups in total. The van der Waals surface area contributed by atoms with Crippen LogP contribution in [-0.4, -0.2) is 37.9 Å². The van der Waals surface area contributed by atoms with Crippen molar-refractivity contribution in [3.05, 3.63) is 26.8 Å². The molecular formula is C16H23IN2O3. The van der Waals surface area contributed by atoms with Gasteiger partial charge < -0.3 is 20.5 Å². The summed E-state index contributed by atoms with van der Waals surface area (Å²) in [6, 6.07) is 4.57. The van der Waals surface area contributed by atoms with E-state index in [1.807, 2.05) is 0 Å². The van der Waals surface area contributed by atoms with Gasteiger partial charge in [-0.05, 0) is 71.2 Å². The molecule has 1 aromatic rings. The third-order valence-electron chi connectivity index (χ3n) is 4.48. The molecule has 3 unspecified atom stereocenters. The molecular weight excluding hydrogens is 395 g/mol. The number of carbonyl (C=O) groups is 1. The van der Waals surface area contributed by atoms with Crippen molar-refractivity contribution in [2.75, 3.05) is 26.7 Å². The van der Waals surface area contributed by atoms with Gasteiger partial charge >= 0.3 is 6.09 Å². The van der Waals surface area contributed by atoms with E-state index in [2.05, 4.69) is 52.3 Å². The van der Waals surface area contributed by atoms with Gasteiger partial charge in [0, 0.05) is 19.0 Å². The molecule has 1 aromatic carbocycles. The first-order valence-corrected chi connectivity index (χ1v) is 8.62. The summed E-state index contributed by atoms with van der Waals surface area (Å²) in [6.07, 6.45) is -0.961. The highest BCUT2D eigenvalue weighted by Gasteiger charge is 2.41. The Hall–Kier alpha value is -1.02. The second kappa shape index (κ2) is 7.50. The van der Waals surface area contributed by atoms with Crippen LogP contribution < -0.4 is 15.4 Å². The number of methoxy groups -OCH3 is 1. The van der Waals surface area contributed by atoms with E-state index >= 15 is 0 Å². The van der Waals surface area contributed by atoms with Crippen molar-refractivity contribution in [2.45, 2.75) is 25.7 Å². The van der Waals surface area contributed by atoms with Crippen molar-refractivity contribution < 1.29 is 14.6 Å². The van der Waals surface area contributed by atoms with Crippen LogP contribution in [0.3, 0.4) is 0 Å². The molecule has 0 radical (unpaired) electrons. The van der Waals surface area contributed by atoms with Gasteiger partial charge in [0.05, 0.1) is 10.7 Å². The van der Waals surface area contributed by atoms with E-state index in [0.717, 1.165) is 18.2 Å². The molecule has 3 rings (SSSR count). The molecule has 2 aliphatic rings. The van der Waals surface area contributed by atoms with Gasteiger partial charge in [0.15, 0.2) is 0 Å². The smallest absolute Gasteiger partial charge is 0.404 e. The maximum atomic E-state index is 9.49. The van der Waals surface area contributed by atoms with Crippen molar-refractivity contribution in [3.8, 4) is 5.75 Å². The molecule has 1 amide bonds. The first-order chi connectivity index (χ1) is 10.5. The molecule has 1 aliphatic carbocycles. The predicted octanol–water partition coefficient (Wildman–Crippen LogP) is 2.99. The molecule has 0 spiro atoms. The molecule has 6 heteroatoms. The van der Waals surface area contributed by atoms with Crippen LogP contribution in [0.2, 0.25) is 0 Å². The maximum absolute atomic E-state index is 9.49. The zero-order valence-corrected chi connectivity index (χ0v) is 15.3. The summed E-state index contributed by atoms with van der Waals surface area (Å²) in [7, 11) is 1.76. The van der Waals surface area contributed by atoms with Gasteiger partial charge in [-0.1, -0.05) is 6.92 Å². The van der Waals surface area contributed by atoms with Crippen molar-refractivity contribution in [3.63, 3.8) is 0 Å². The van der Waals surface area contributed by atoms with Crippen molar-refractivity contribution >= 4 is 28.7 Å². The minimum Gasteiger partial charge on any atom is -0.496 e. The van der Waals surface area contributed by atoms with Crippen molar-refractivity contribution in [1.29, 1.82) is 0 Å². The highest BCUT2D eigenvalue weighted by atomic mass is 127. The highest BCUT2D eigenvalue weighted by molar-refractivity contribution is 14.1. The Labute approximate surface area is 145 Å². The van der Waals surface area contributed by atoms with Crippen LogP contribution in [0.25, 0.3) is 0 Å². The standard InChI is InChI=1S/C13H16INO.C3H7NO2/c1-7-8-3-12(14)13(16-2)4-9(8)11-6-15-5-10(7)11;1-2-4-3(5)6/h3-4,7,10-11,15H,5-6H2,1-2H3;4H,2H2,1H3,(H,5,6). The number of benzene rings is 1. The van der Waals surface area contributed by atoms with Crippen LogP contribution in [0.5, 0.6) is 5.75 Å². The lowest BCUT2D eigenvalue weighted by molar-refractivity contribution is 0.195. The van der Waals surface area contributed by atoms with Crippen molar-refractivity contribution in [2.24, 2.45) is 5.92 Å².